The SMILES string of the molecule is Cc1cc(C)cc(C(C(=O)NCc2ccccc2)N(C)C(=O)C(CC(N)=O)NC(=O)OC(C)(C)C)c1. The minimum Gasteiger partial charge on any atom is -0.444 e. The number of likely N-dealkylation sites (N-methyl/N-ethyl adjacent to an activating group) is 1. The molecule has 0 aliphatic heterocycles. The van der Waals surface area contributed by atoms with E-state index in [2.05, 4.69) is 10.6 Å². The summed E-state index contributed by atoms with van der Waals surface area (Å²) in [5, 5.41) is 5.31. The number of rotatable bonds is 9. The Morgan fingerprint density at radius 1 is 1.00 bits per heavy atom. The lowest BCUT2D eigenvalue weighted by Gasteiger charge is -2.31. The second-order valence-corrected chi connectivity index (χ2v) is 9.85. The summed E-state index contributed by atoms with van der Waals surface area (Å²) >= 11 is 0. The molecule has 4 N–H and O–H groups in total. The maximum absolute atomic E-state index is 13.5. The van der Waals surface area contributed by atoms with Crippen molar-refractivity contribution in [2.75, 3.05) is 7.05 Å². The van der Waals surface area contributed by atoms with E-state index < -0.39 is 47.9 Å². The van der Waals surface area contributed by atoms with Crippen LogP contribution in [0.3, 0.4) is 0 Å². The first-order chi connectivity index (χ1) is 16.8. The number of aryl methyl sites for hydroxylation is 2. The van der Waals surface area contributed by atoms with E-state index in [1.807, 2.05) is 62.4 Å². The maximum Gasteiger partial charge on any atom is 0.408 e. The smallest absolute Gasteiger partial charge is 0.408 e. The molecule has 0 aliphatic rings. The maximum atomic E-state index is 13.5. The van der Waals surface area contributed by atoms with Crippen LogP contribution in [-0.2, 0) is 25.7 Å². The third kappa shape index (κ3) is 8.72. The highest BCUT2D eigenvalue weighted by Crippen LogP contribution is 2.24. The van der Waals surface area contributed by atoms with Crippen LogP contribution >= 0.6 is 0 Å². The first-order valence-electron chi connectivity index (χ1n) is 11.7. The molecule has 0 bridgehead atoms. The predicted molar refractivity (Wildman–Crippen MR) is 137 cm³/mol. The third-order valence-electron chi connectivity index (χ3n) is 5.25. The number of hydrogen-bond donors (Lipinski definition) is 3. The van der Waals surface area contributed by atoms with Gasteiger partial charge in [-0.2, -0.15) is 0 Å². The summed E-state index contributed by atoms with van der Waals surface area (Å²) < 4.78 is 5.24. The monoisotopic (exact) mass is 496 g/mol. The number of carbonyl (C=O) groups is 4. The molecule has 0 saturated carbocycles. The van der Waals surface area contributed by atoms with Gasteiger partial charge in [-0.25, -0.2) is 4.79 Å². The van der Waals surface area contributed by atoms with Crippen molar-refractivity contribution in [3.8, 4) is 0 Å². The summed E-state index contributed by atoms with van der Waals surface area (Å²) in [4.78, 5) is 52.2. The molecule has 194 valence electrons. The molecule has 9 heteroatoms. The number of nitrogens with two attached hydrogens (primary N) is 1. The molecule has 36 heavy (non-hydrogen) atoms. The minimum atomic E-state index is -1.31. The van der Waals surface area contributed by atoms with Crippen LogP contribution in [0.15, 0.2) is 48.5 Å². The molecule has 2 aromatic rings. The van der Waals surface area contributed by atoms with Crippen molar-refractivity contribution in [1.29, 1.82) is 0 Å². The van der Waals surface area contributed by atoms with Gasteiger partial charge in [-0.15, -0.1) is 0 Å². The molecule has 0 aromatic heterocycles. The van der Waals surface area contributed by atoms with Gasteiger partial charge in [0.1, 0.15) is 17.7 Å². The summed E-state index contributed by atoms with van der Waals surface area (Å²) in [5.74, 6) is -1.84. The van der Waals surface area contributed by atoms with Crippen molar-refractivity contribution in [2.45, 2.75) is 65.3 Å². The zero-order chi connectivity index (χ0) is 27.0. The first-order valence-corrected chi connectivity index (χ1v) is 11.7. The van der Waals surface area contributed by atoms with Gasteiger partial charge >= 0.3 is 6.09 Å². The fourth-order valence-electron chi connectivity index (χ4n) is 3.82. The number of ether oxygens (including phenoxy) is 1. The van der Waals surface area contributed by atoms with E-state index in [-0.39, 0.29) is 6.54 Å². The fourth-order valence-corrected chi connectivity index (χ4v) is 3.82. The molecule has 9 nitrogen and oxygen atoms in total. The van der Waals surface area contributed by atoms with Crippen molar-refractivity contribution in [1.82, 2.24) is 15.5 Å². The Morgan fingerprint density at radius 3 is 2.11 bits per heavy atom. The summed E-state index contributed by atoms with van der Waals surface area (Å²) in [5.41, 5.74) is 7.89. The van der Waals surface area contributed by atoms with Crippen LogP contribution in [0.4, 0.5) is 4.79 Å². The van der Waals surface area contributed by atoms with E-state index in [9.17, 15) is 19.2 Å². The topological polar surface area (TPSA) is 131 Å². The number of nitrogens with zero attached hydrogens (tertiary/aromatic N) is 1. The van der Waals surface area contributed by atoms with Gasteiger partial charge in [-0.1, -0.05) is 59.7 Å². The number of alkyl carbamates (subject to hydrolysis) is 1. The molecule has 2 atom stereocenters. The Hall–Kier alpha value is -3.88. The largest absolute Gasteiger partial charge is 0.444 e. The van der Waals surface area contributed by atoms with Gasteiger partial charge < -0.3 is 26.0 Å². The standard InChI is InChI=1S/C27H36N4O5/c1-17-12-18(2)14-20(13-17)23(24(33)29-16-19-10-8-7-9-11-19)31(6)25(34)21(15-22(28)32)30-26(35)36-27(3,4)5/h7-14,21,23H,15-16H2,1-6H3,(H2,28,32)(H,29,33)(H,30,35). The molecule has 0 saturated heterocycles. The number of amides is 4. The van der Waals surface area contributed by atoms with Gasteiger partial charge in [0.15, 0.2) is 0 Å². The van der Waals surface area contributed by atoms with Gasteiger partial charge in [0.2, 0.25) is 17.7 Å². The molecule has 0 fully saturated rings. The number of carbonyl (C=O) groups excluding carboxylic acids is 4. The van der Waals surface area contributed by atoms with Crippen molar-refractivity contribution in [3.05, 3.63) is 70.8 Å². The average molecular weight is 497 g/mol. The van der Waals surface area contributed by atoms with Crippen LogP contribution in [0.25, 0.3) is 0 Å². The Morgan fingerprint density at radius 2 is 1.58 bits per heavy atom. The summed E-state index contributed by atoms with van der Waals surface area (Å²) in [6.45, 7) is 9.10. The van der Waals surface area contributed by atoms with Crippen molar-refractivity contribution in [2.24, 2.45) is 5.73 Å². The van der Waals surface area contributed by atoms with E-state index in [1.54, 1.807) is 20.8 Å². The molecule has 0 spiro atoms. The zero-order valence-corrected chi connectivity index (χ0v) is 21.8. The molecule has 2 rings (SSSR count). The number of hydrogen-bond acceptors (Lipinski definition) is 5. The predicted octanol–water partition coefficient (Wildman–Crippen LogP) is 2.89. The number of benzene rings is 2. The van der Waals surface area contributed by atoms with Crippen LogP contribution in [0, 0.1) is 13.8 Å². The number of primary amides is 1. The molecule has 2 unspecified atom stereocenters. The molecule has 0 aliphatic carbocycles. The van der Waals surface area contributed by atoms with Crippen LogP contribution in [0.2, 0.25) is 0 Å². The third-order valence-corrected chi connectivity index (χ3v) is 5.25. The van der Waals surface area contributed by atoms with Gasteiger partial charge in [-0.05, 0) is 45.7 Å². The second-order valence-electron chi connectivity index (χ2n) is 9.85. The Bertz CT molecular complexity index is 1070. The molecule has 2 aromatic carbocycles. The van der Waals surface area contributed by atoms with Gasteiger partial charge in [0, 0.05) is 13.6 Å². The Labute approximate surface area is 212 Å². The van der Waals surface area contributed by atoms with Crippen LogP contribution in [0.1, 0.15) is 55.5 Å². The molecule has 4 amide bonds. The van der Waals surface area contributed by atoms with Gasteiger partial charge in [0.25, 0.3) is 0 Å². The zero-order valence-electron chi connectivity index (χ0n) is 21.8. The van der Waals surface area contributed by atoms with Crippen LogP contribution < -0.4 is 16.4 Å². The Balaban J connectivity index is 2.36. The highest BCUT2D eigenvalue weighted by atomic mass is 16.6. The van der Waals surface area contributed by atoms with Crippen molar-refractivity contribution >= 4 is 23.8 Å². The second kappa shape index (κ2) is 12.2. The average Bonchev–Trinajstić information content (AvgIpc) is 2.75. The Kier molecular flexibility index (Phi) is 9.60. The van der Waals surface area contributed by atoms with E-state index in [4.69, 9.17) is 10.5 Å². The molecular formula is C27H36N4O5. The highest BCUT2D eigenvalue weighted by molar-refractivity contribution is 5.94. The van der Waals surface area contributed by atoms with Gasteiger partial charge in [0.05, 0.1) is 6.42 Å². The van der Waals surface area contributed by atoms with Crippen LogP contribution in [0.5, 0.6) is 0 Å². The normalized spacial score (nSPS) is 12.7. The summed E-state index contributed by atoms with van der Waals surface area (Å²) in [6.07, 6.45) is -1.32. The number of nitrogens with one attached hydrogen (secondary N) is 2. The van der Waals surface area contributed by atoms with Crippen molar-refractivity contribution in [3.63, 3.8) is 0 Å². The van der Waals surface area contributed by atoms with E-state index >= 15 is 0 Å². The molecule has 0 radical (unpaired) electrons. The molecular weight excluding hydrogens is 460 g/mol. The van der Waals surface area contributed by atoms with E-state index in [0.29, 0.717) is 5.56 Å². The van der Waals surface area contributed by atoms with Crippen molar-refractivity contribution < 1.29 is 23.9 Å². The molecule has 0 heterocycles. The summed E-state index contributed by atoms with van der Waals surface area (Å²) in [6, 6.07) is 12.7. The highest BCUT2D eigenvalue weighted by Gasteiger charge is 2.35. The van der Waals surface area contributed by atoms with E-state index in [1.165, 1.54) is 11.9 Å². The first kappa shape index (κ1) is 28.4. The minimum absolute atomic E-state index is 0.268. The van der Waals surface area contributed by atoms with Gasteiger partial charge in [-0.3, -0.25) is 14.4 Å². The summed E-state index contributed by atoms with van der Waals surface area (Å²) in [7, 11) is 1.46. The lowest BCUT2D eigenvalue weighted by Crippen LogP contribution is -2.52. The van der Waals surface area contributed by atoms with E-state index in [0.717, 1.165) is 16.7 Å². The lowest BCUT2D eigenvalue weighted by molar-refractivity contribution is -0.141. The quantitative estimate of drug-likeness (QED) is 0.491. The fraction of sp³-hybridized carbons (Fsp3) is 0.407. The van der Waals surface area contributed by atoms with Crippen LogP contribution in [-0.4, -0.2) is 47.4 Å². The lowest BCUT2D eigenvalue weighted by atomic mass is 9.98.